The summed E-state index contributed by atoms with van der Waals surface area (Å²) in [6.45, 7) is 8.75. The molecule has 0 saturated carbocycles. The summed E-state index contributed by atoms with van der Waals surface area (Å²) in [6, 6.07) is 63.4. The van der Waals surface area contributed by atoms with Gasteiger partial charge in [-0.3, -0.25) is 0 Å². The van der Waals surface area contributed by atoms with Crippen molar-refractivity contribution in [2.24, 2.45) is 0 Å². The maximum absolute atomic E-state index is 9.63. The molecule has 60 heavy (non-hydrogen) atoms. The first-order valence-electron chi connectivity index (χ1n) is 20.9. The predicted octanol–water partition coefficient (Wildman–Crippen LogP) is 16.4. The van der Waals surface area contributed by atoms with E-state index in [4.69, 9.17) is 0 Å². The van der Waals surface area contributed by atoms with Gasteiger partial charge in [0.05, 0.1) is 11.6 Å². The zero-order valence-electron chi connectivity index (χ0n) is 34.0. The molecule has 0 saturated heterocycles. The van der Waals surface area contributed by atoms with Crippen LogP contribution >= 0.6 is 0 Å². The van der Waals surface area contributed by atoms with Crippen molar-refractivity contribution >= 4 is 75.4 Å². The highest BCUT2D eigenvalue weighted by atomic mass is 14.3. The molecular weight excluding hydrogens is 723 g/mol. The molecule has 12 aromatic carbocycles. The molecule has 12 aromatic rings. The van der Waals surface area contributed by atoms with Crippen molar-refractivity contribution in [3.05, 3.63) is 192 Å². The minimum atomic E-state index is 0.707. The number of fused-ring (bicyclic) bond motifs is 8. The number of nitrogens with zero attached hydrogens (tertiary/aromatic N) is 1. The molecule has 0 aliphatic heterocycles. The third-order valence-corrected chi connectivity index (χ3v) is 13.4. The van der Waals surface area contributed by atoms with E-state index in [1.54, 1.807) is 0 Å². The SMILES string of the molecule is Cc1cc(C#N)cc(C)c1-c1cc(C)c(-c2ccc3c4c(-c5ccccc5)c5c(cc6c7ccccc7c7cccc5c76)c(-c5ccccc5)c4c4cccc2c43)c(C)c1. The molecular formula is C59H39N. The van der Waals surface area contributed by atoms with Gasteiger partial charge in [0, 0.05) is 0 Å². The maximum Gasteiger partial charge on any atom is 0.0991 e. The fraction of sp³-hybridized carbons (Fsp3) is 0.0678. The number of nitriles is 1. The van der Waals surface area contributed by atoms with Crippen LogP contribution in [0.25, 0.3) is 120 Å². The molecule has 0 aliphatic rings. The third kappa shape index (κ3) is 4.68. The van der Waals surface area contributed by atoms with Gasteiger partial charge in [0.25, 0.3) is 0 Å². The molecule has 0 N–H and O–H groups in total. The minimum absolute atomic E-state index is 0.707. The second-order valence-electron chi connectivity index (χ2n) is 16.8. The number of aryl methyl sites for hydroxylation is 4. The molecule has 0 spiro atoms. The standard InChI is InChI=1S/C59H39N/c1-33-27-37(32-60)28-34(2)51(33)40-29-35(3)52(36(4)30-40)45-25-26-48-55-44(45)22-14-24-47(55)58-53(38-15-7-5-8-16-38)50-31-49-42-20-12-11-19-41(42)43-21-13-23-46(56(43)49)57(50)54(59(48)58)39-17-9-6-10-18-39/h5-31H,1-4H3. The van der Waals surface area contributed by atoms with Gasteiger partial charge in [-0.15, -0.1) is 0 Å². The Kier molecular flexibility index (Phi) is 7.32. The Bertz CT molecular complexity index is 3740. The normalized spacial score (nSPS) is 12.0. The van der Waals surface area contributed by atoms with Crippen LogP contribution in [0.4, 0.5) is 0 Å². The van der Waals surface area contributed by atoms with Gasteiger partial charge in [-0.05, 0) is 188 Å². The van der Waals surface area contributed by atoms with Crippen molar-refractivity contribution in [3.8, 4) is 50.6 Å². The average Bonchev–Trinajstić information content (AvgIpc) is 3.77. The summed E-state index contributed by atoms with van der Waals surface area (Å²) in [6.07, 6.45) is 0. The fourth-order valence-corrected chi connectivity index (χ4v) is 11.2. The number of benzene rings is 10. The van der Waals surface area contributed by atoms with Gasteiger partial charge in [-0.25, -0.2) is 0 Å². The molecule has 280 valence electrons. The number of hydrogen-bond donors (Lipinski definition) is 0. The van der Waals surface area contributed by atoms with Crippen molar-refractivity contribution in [1.29, 1.82) is 5.26 Å². The van der Waals surface area contributed by atoms with E-state index in [0.29, 0.717) is 5.56 Å². The number of rotatable bonds is 4. The van der Waals surface area contributed by atoms with E-state index in [-0.39, 0.29) is 0 Å². The molecule has 0 radical (unpaired) electrons. The Morgan fingerprint density at radius 2 is 0.783 bits per heavy atom. The van der Waals surface area contributed by atoms with Gasteiger partial charge < -0.3 is 0 Å². The van der Waals surface area contributed by atoms with Gasteiger partial charge >= 0.3 is 0 Å². The summed E-state index contributed by atoms with van der Waals surface area (Å²) in [4.78, 5) is 0. The minimum Gasteiger partial charge on any atom is -0.192 e. The van der Waals surface area contributed by atoms with E-state index in [2.05, 4.69) is 185 Å². The Hall–Kier alpha value is -7.53. The lowest BCUT2D eigenvalue weighted by Gasteiger charge is -2.19. The van der Waals surface area contributed by atoms with Crippen LogP contribution in [0.2, 0.25) is 0 Å². The van der Waals surface area contributed by atoms with Crippen molar-refractivity contribution in [2.75, 3.05) is 0 Å². The topological polar surface area (TPSA) is 23.8 Å². The van der Waals surface area contributed by atoms with Crippen molar-refractivity contribution in [3.63, 3.8) is 0 Å². The molecule has 0 fully saturated rings. The highest BCUT2D eigenvalue weighted by Gasteiger charge is 2.27. The first-order valence-corrected chi connectivity index (χ1v) is 20.9. The van der Waals surface area contributed by atoms with Gasteiger partial charge in [0.2, 0.25) is 0 Å². The van der Waals surface area contributed by atoms with Crippen LogP contribution in [-0.2, 0) is 0 Å². The summed E-state index contributed by atoms with van der Waals surface area (Å²) in [7, 11) is 0. The summed E-state index contributed by atoms with van der Waals surface area (Å²) in [5, 5.41) is 27.9. The second-order valence-corrected chi connectivity index (χ2v) is 16.8. The van der Waals surface area contributed by atoms with Crippen molar-refractivity contribution in [1.82, 2.24) is 0 Å². The third-order valence-electron chi connectivity index (χ3n) is 13.4. The van der Waals surface area contributed by atoms with E-state index < -0.39 is 0 Å². The smallest absolute Gasteiger partial charge is 0.0991 e. The van der Waals surface area contributed by atoms with Gasteiger partial charge in [-0.1, -0.05) is 146 Å². The monoisotopic (exact) mass is 761 g/mol. The first kappa shape index (κ1) is 34.5. The molecule has 0 aromatic heterocycles. The highest BCUT2D eigenvalue weighted by Crippen LogP contribution is 2.55. The van der Waals surface area contributed by atoms with Crippen LogP contribution in [0.5, 0.6) is 0 Å². The van der Waals surface area contributed by atoms with Crippen LogP contribution in [0, 0.1) is 39.0 Å². The van der Waals surface area contributed by atoms with E-state index in [1.165, 1.54) is 131 Å². The number of hydrogen-bond acceptors (Lipinski definition) is 1. The van der Waals surface area contributed by atoms with Gasteiger partial charge in [0.1, 0.15) is 0 Å². The lowest BCUT2D eigenvalue weighted by molar-refractivity contribution is 1.33. The molecule has 1 nitrogen and oxygen atoms in total. The highest BCUT2D eigenvalue weighted by molar-refractivity contribution is 6.45. The first-order chi connectivity index (χ1) is 29.4. The Labute approximate surface area is 349 Å². The molecule has 1 heteroatoms. The van der Waals surface area contributed by atoms with Crippen molar-refractivity contribution in [2.45, 2.75) is 27.7 Å². The molecule has 0 unspecified atom stereocenters. The maximum atomic E-state index is 9.63. The summed E-state index contributed by atoms with van der Waals surface area (Å²) >= 11 is 0. The fourth-order valence-electron chi connectivity index (χ4n) is 11.2. The molecule has 0 aliphatic carbocycles. The summed E-state index contributed by atoms with van der Waals surface area (Å²) in [5.74, 6) is 0. The van der Waals surface area contributed by atoms with Crippen LogP contribution in [0.1, 0.15) is 27.8 Å². The van der Waals surface area contributed by atoms with E-state index in [1.807, 2.05) is 12.1 Å². The lowest BCUT2D eigenvalue weighted by atomic mass is 9.84. The summed E-state index contributed by atoms with van der Waals surface area (Å²) < 4.78 is 0. The Morgan fingerprint density at radius 1 is 0.300 bits per heavy atom. The van der Waals surface area contributed by atoms with E-state index in [9.17, 15) is 5.26 Å². The van der Waals surface area contributed by atoms with Crippen LogP contribution in [0.3, 0.4) is 0 Å². The second kappa shape index (κ2) is 12.7. The van der Waals surface area contributed by atoms with Crippen LogP contribution in [-0.4, -0.2) is 0 Å². The predicted molar refractivity (Wildman–Crippen MR) is 257 cm³/mol. The zero-order valence-corrected chi connectivity index (χ0v) is 34.0. The molecule has 0 atom stereocenters. The Balaban J connectivity index is 1.25. The van der Waals surface area contributed by atoms with Crippen LogP contribution in [0.15, 0.2) is 164 Å². The van der Waals surface area contributed by atoms with E-state index >= 15 is 0 Å². The average molecular weight is 762 g/mol. The Morgan fingerprint density at radius 3 is 1.43 bits per heavy atom. The lowest BCUT2D eigenvalue weighted by Crippen LogP contribution is -1.95. The quantitative estimate of drug-likeness (QED) is 0.164. The van der Waals surface area contributed by atoms with Crippen LogP contribution < -0.4 is 0 Å². The van der Waals surface area contributed by atoms with Gasteiger partial charge in [0.15, 0.2) is 0 Å². The summed E-state index contributed by atoms with van der Waals surface area (Å²) in [5.41, 5.74) is 15.5. The zero-order chi connectivity index (χ0) is 40.4. The molecule has 0 heterocycles. The molecule has 0 bridgehead atoms. The largest absolute Gasteiger partial charge is 0.192 e. The van der Waals surface area contributed by atoms with E-state index in [0.717, 1.165) is 11.1 Å². The van der Waals surface area contributed by atoms with Gasteiger partial charge in [-0.2, -0.15) is 5.26 Å². The molecule has 12 rings (SSSR count). The molecule has 0 amide bonds. The van der Waals surface area contributed by atoms with Crippen molar-refractivity contribution < 1.29 is 0 Å².